The van der Waals surface area contributed by atoms with Gasteiger partial charge < -0.3 is 14.8 Å². The Morgan fingerprint density at radius 1 is 1.50 bits per heavy atom. The molecule has 0 aromatic heterocycles. The van der Waals surface area contributed by atoms with Gasteiger partial charge in [0.1, 0.15) is 0 Å². The van der Waals surface area contributed by atoms with Crippen molar-refractivity contribution in [2.24, 2.45) is 0 Å². The van der Waals surface area contributed by atoms with E-state index in [1.165, 1.54) is 5.70 Å². The van der Waals surface area contributed by atoms with E-state index in [4.69, 9.17) is 21.7 Å². The van der Waals surface area contributed by atoms with Crippen LogP contribution >= 0.6 is 12.2 Å². The molecule has 1 aliphatic carbocycles. The fourth-order valence-corrected chi connectivity index (χ4v) is 1.98. The summed E-state index contributed by atoms with van der Waals surface area (Å²) in [5.74, 6) is -0.303. The zero-order valence-electron chi connectivity index (χ0n) is 8.12. The van der Waals surface area contributed by atoms with Crippen LogP contribution in [-0.2, 0) is 9.47 Å². The average Bonchev–Trinajstić information content (AvgIpc) is 2.66. The maximum absolute atomic E-state index is 5.61. The Hall–Kier alpha value is -0.450. The van der Waals surface area contributed by atoms with Gasteiger partial charge in [0.05, 0.1) is 13.2 Å². The molecular formula is C10H15NO2S. The van der Waals surface area contributed by atoms with Gasteiger partial charge in [0.25, 0.3) is 0 Å². The fraction of sp³-hybridized carbons (Fsp3) is 0.700. The van der Waals surface area contributed by atoms with Crippen molar-refractivity contribution >= 4 is 17.6 Å². The highest BCUT2D eigenvalue weighted by atomic mass is 32.1. The molecule has 1 fully saturated rings. The summed E-state index contributed by atoms with van der Waals surface area (Å²) in [6.07, 6.45) is 4.95. The molecule has 0 saturated carbocycles. The summed E-state index contributed by atoms with van der Waals surface area (Å²) < 4.78 is 11.2. The van der Waals surface area contributed by atoms with Crippen LogP contribution in [0.2, 0.25) is 0 Å². The molecule has 1 aliphatic heterocycles. The minimum absolute atomic E-state index is 0.303. The van der Waals surface area contributed by atoms with Gasteiger partial charge in [-0.15, -0.1) is 0 Å². The molecule has 0 bridgehead atoms. The van der Waals surface area contributed by atoms with Crippen molar-refractivity contribution in [2.45, 2.75) is 25.0 Å². The Balaban J connectivity index is 1.88. The highest BCUT2D eigenvalue weighted by molar-refractivity contribution is 7.79. The van der Waals surface area contributed by atoms with Crippen LogP contribution in [0.4, 0.5) is 0 Å². The second kappa shape index (κ2) is 4.38. The summed E-state index contributed by atoms with van der Waals surface area (Å²) in [5, 5.41) is 4.97. The van der Waals surface area contributed by atoms with Gasteiger partial charge in [-0.2, -0.15) is 0 Å². The smallest absolute Gasteiger partial charge is 0.172 e. The lowest BCUT2D eigenvalue weighted by Gasteiger charge is -2.30. The van der Waals surface area contributed by atoms with E-state index in [0.717, 1.165) is 39.0 Å². The summed E-state index contributed by atoms with van der Waals surface area (Å²) in [5.41, 5.74) is 1.26. The number of rotatable bonds is 3. The molecule has 1 N–H and O–H groups in total. The Morgan fingerprint density at radius 3 is 2.86 bits per heavy atom. The highest BCUT2D eigenvalue weighted by Gasteiger charge is 2.37. The molecule has 0 aromatic carbocycles. The van der Waals surface area contributed by atoms with Crippen molar-refractivity contribution in [3.63, 3.8) is 0 Å². The van der Waals surface area contributed by atoms with Crippen LogP contribution in [0.1, 0.15) is 19.3 Å². The average molecular weight is 213 g/mol. The van der Waals surface area contributed by atoms with Gasteiger partial charge in [-0.1, -0.05) is 18.3 Å². The summed E-state index contributed by atoms with van der Waals surface area (Å²) in [7, 11) is 0. The second-order valence-corrected chi connectivity index (χ2v) is 3.92. The van der Waals surface area contributed by atoms with Crippen LogP contribution in [0, 0.1) is 0 Å². The van der Waals surface area contributed by atoms with E-state index in [2.05, 4.69) is 11.4 Å². The second-order valence-electron chi connectivity index (χ2n) is 3.59. The van der Waals surface area contributed by atoms with Crippen molar-refractivity contribution in [3.8, 4) is 0 Å². The predicted molar refractivity (Wildman–Crippen MR) is 58.2 cm³/mol. The summed E-state index contributed by atoms with van der Waals surface area (Å²) in [6.45, 7) is 2.23. The monoisotopic (exact) mass is 213 g/mol. The van der Waals surface area contributed by atoms with E-state index in [9.17, 15) is 0 Å². The van der Waals surface area contributed by atoms with Gasteiger partial charge in [-0.05, 0) is 11.8 Å². The third kappa shape index (κ3) is 2.13. The molecule has 4 heteroatoms. The van der Waals surface area contributed by atoms with Crippen LogP contribution in [0.15, 0.2) is 11.8 Å². The molecule has 0 amide bonds. The summed E-state index contributed by atoms with van der Waals surface area (Å²) in [4.78, 5) is 0. The van der Waals surface area contributed by atoms with Crippen molar-refractivity contribution in [2.75, 3.05) is 19.8 Å². The Bertz CT molecular complexity index is 247. The normalized spacial score (nSPS) is 24.7. The van der Waals surface area contributed by atoms with Gasteiger partial charge >= 0.3 is 0 Å². The zero-order valence-corrected chi connectivity index (χ0v) is 8.94. The van der Waals surface area contributed by atoms with Crippen molar-refractivity contribution in [1.29, 1.82) is 0 Å². The van der Waals surface area contributed by atoms with Gasteiger partial charge in [0.15, 0.2) is 5.79 Å². The first-order valence-electron chi connectivity index (χ1n) is 4.99. The molecule has 2 rings (SSSR count). The molecule has 3 nitrogen and oxygen atoms in total. The molecule has 0 atom stereocenters. The Morgan fingerprint density at radius 2 is 2.29 bits per heavy atom. The maximum atomic E-state index is 5.61. The van der Waals surface area contributed by atoms with Crippen LogP contribution in [0.5, 0.6) is 0 Å². The van der Waals surface area contributed by atoms with Crippen LogP contribution in [0.25, 0.3) is 0 Å². The molecule has 0 aromatic rings. The minimum Gasteiger partial charge on any atom is -0.384 e. The number of ether oxygens (including phenoxy) is 2. The Labute approximate surface area is 89.5 Å². The number of hydrogen-bond acceptors (Lipinski definition) is 4. The van der Waals surface area contributed by atoms with Gasteiger partial charge in [-0.25, -0.2) is 0 Å². The summed E-state index contributed by atoms with van der Waals surface area (Å²) in [6, 6.07) is 0. The molecule has 78 valence electrons. The van der Waals surface area contributed by atoms with Crippen LogP contribution in [-0.4, -0.2) is 30.9 Å². The van der Waals surface area contributed by atoms with Crippen molar-refractivity contribution in [1.82, 2.24) is 5.32 Å². The van der Waals surface area contributed by atoms with Crippen molar-refractivity contribution in [3.05, 3.63) is 11.8 Å². The quantitative estimate of drug-likeness (QED) is 0.718. The van der Waals surface area contributed by atoms with Gasteiger partial charge in [0, 0.05) is 25.1 Å². The topological polar surface area (TPSA) is 30.5 Å². The standard InChI is InChI=1S/C10H15NO2S/c14-8-5-11-9-1-3-10(4-2-9)12-6-7-13-10/h1,8,11H,2-7H2. The minimum atomic E-state index is -0.303. The lowest BCUT2D eigenvalue weighted by molar-refractivity contribution is -0.161. The molecule has 0 unspecified atom stereocenters. The number of allylic oxidation sites excluding steroid dienone is 1. The molecule has 2 aliphatic rings. The first-order chi connectivity index (χ1) is 6.85. The van der Waals surface area contributed by atoms with Crippen LogP contribution in [0.3, 0.4) is 0 Å². The molecule has 0 radical (unpaired) electrons. The molecule has 14 heavy (non-hydrogen) atoms. The van der Waals surface area contributed by atoms with E-state index in [-0.39, 0.29) is 5.79 Å². The SMILES string of the molecule is S=CCNC1=CCC2(CC1)OCCO2. The fourth-order valence-electron chi connectivity index (χ4n) is 1.90. The van der Waals surface area contributed by atoms with E-state index in [1.54, 1.807) is 5.37 Å². The number of hydrogen-bond donors (Lipinski definition) is 1. The number of thiocarbonyl (C=S) groups is 1. The van der Waals surface area contributed by atoms with Gasteiger partial charge in [0.2, 0.25) is 0 Å². The van der Waals surface area contributed by atoms with E-state index < -0.39 is 0 Å². The zero-order chi connectivity index (χ0) is 9.86. The van der Waals surface area contributed by atoms with Crippen molar-refractivity contribution < 1.29 is 9.47 Å². The predicted octanol–water partition coefficient (Wildman–Crippen LogP) is 1.39. The number of nitrogens with one attached hydrogen (secondary N) is 1. The van der Waals surface area contributed by atoms with E-state index >= 15 is 0 Å². The highest BCUT2D eigenvalue weighted by Crippen LogP contribution is 2.33. The third-order valence-electron chi connectivity index (χ3n) is 2.66. The molecular weight excluding hydrogens is 198 g/mol. The van der Waals surface area contributed by atoms with Crippen LogP contribution < -0.4 is 5.32 Å². The molecule has 1 saturated heterocycles. The lowest BCUT2D eigenvalue weighted by Crippen LogP contribution is -2.33. The van der Waals surface area contributed by atoms with E-state index in [1.807, 2.05) is 0 Å². The first-order valence-corrected chi connectivity index (χ1v) is 5.46. The third-order valence-corrected chi connectivity index (χ3v) is 2.83. The van der Waals surface area contributed by atoms with E-state index in [0.29, 0.717) is 0 Å². The maximum Gasteiger partial charge on any atom is 0.172 e. The summed E-state index contributed by atoms with van der Waals surface area (Å²) >= 11 is 4.76. The Kier molecular flexibility index (Phi) is 3.15. The first kappa shape index (κ1) is 10.1. The lowest BCUT2D eigenvalue weighted by atomic mass is 9.98. The largest absolute Gasteiger partial charge is 0.384 e. The van der Waals surface area contributed by atoms with Gasteiger partial charge in [-0.3, -0.25) is 0 Å². The molecule has 1 spiro atoms. The molecule has 1 heterocycles.